The summed E-state index contributed by atoms with van der Waals surface area (Å²) in [6.45, 7) is 6.65. The number of hydrogen-bond donors (Lipinski definition) is 1. The molecule has 0 amide bonds. The minimum atomic E-state index is 0.315. The zero-order chi connectivity index (χ0) is 9.47. The lowest BCUT2D eigenvalue weighted by Gasteiger charge is -2.41. The molecule has 2 heteroatoms. The fourth-order valence-corrected chi connectivity index (χ4v) is 2.65. The summed E-state index contributed by atoms with van der Waals surface area (Å²) < 4.78 is 0. The van der Waals surface area contributed by atoms with Crippen molar-refractivity contribution in [3.63, 3.8) is 0 Å². The molecule has 0 aromatic heterocycles. The van der Waals surface area contributed by atoms with Gasteiger partial charge in [0, 0.05) is 18.1 Å². The molecule has 0 saturated heterocycles. The van der Waals surface area contributed by atoms with Crippen LogP contribution >= 0.6 is 0 Å². The fourth-order valence-electron chi connectivity index (χ4n) is 2.65. The van der Waals surface area contributed by atoms with Crippen LogP contribution in [-0.4, -0.2) is 29.6 Å². The number of rotatable bonds is 5. The first-order chi connectivity index (χ1) is 6.22. The van der Waals surface area contributed by atoms with Crippen LogP contribution in [0, 0.1) is 5.92 Å². The van der Waals surface area contributed by atoms with Gasteiger partial charge in [-0.25, -0.2) is 0 Å². The lowest BCUT2D eigenvalue weighted by molar-refractivity contribution is 0.0865. The van der Waals surface area contributed by atoms with Crippen molar-refractivity contribution in [2.45, 2.75) is 51.1 Å². The second kappa shape index (κ2) is 3.25. The third kappa shape index (κ3) is 1.62. The molecule has 0 bridgehead atoms. The van der Waals surface area contributed by atoms with Gasteiger partial charge in [-0.2, -0.15) is 0 Å². The van der Waals surface area contributed by atoms with Gasteiger partial charge in [-0.15, -0.1) is 0 Å². The Morgan fingerprint density at radius 2 is 1.92 bits per heavy atom. The maximum absolute atomic E-state index is 5.95. The zero-order valence-corrected chi connectivity index (χ0v) is 8.92. The fraction of sp³-hybridized carbons (Fsp3) is 1.00. The molecule has 0 aliphatic heterocycles. The molecule has 1 atom stereocenters. The topological polar surface area (TPSA) is 29.3 Å². The second-order valence-electron chi connectivity index (χ2n) is 4.85. The molecule has 0 aromatic rings. The SMILES string of the molecule is CCN(C1CC1)C(C)(CN)C1CC1. The molecule has 13 heavy (non-hydrogen) atoms. The van der Waals surface area contributed by atoms with Gasteiger partial charge < -0.3 is 5.73 Å². The average molecular weight is 182 g/mol. The molecule has 0 heterocycles. The summed E-state index contributed by atoms with van der Waals surface area (Å²) in [5, 5.41) is 0. The van der Waals surface area contributed by atoms with Gasteiger partial charge in [0.1, 0.15) is 0 Å². The van der Waals surface area contributed by atoms with Crippen LogP contribution in [0.1, 0.15) is 39.5 Å². The van der Waals surface area contributed by atoms with E-state index in [4.69, 9.17) is 5.73 Å². The van der Waals surface area contributed by atoms with Crippen LogP contribution in [0.5, 0.6) is 0 Å². The average Bonchev–Trinajstić information content (AvgIpc) is 2.96. The summed E-state index contributed by atoms with van der Waals surface area (Å²) >= 11 is 0. The van der Waals surface area contributed by atoms with E-state index in [1.54, 1.807) is 0 Å². The van der Waals surface area contributed by atoms with Crippen LogP contribution in [0.2, 0.25) is 0 Å². The third-order valence-corrected chi connectivity index (χ3v) is 3.85. The van der Waals surface area contributed by atoms with Crippen LogP contribution in [0.4, 0.5) is 0 Å². The molecule has 2 saturated carbocycles. The molecule has 2 aliphatic carbocycles. The first-order valence-electron chi connectivity index (χ1n) is 5.69. The Hall–Kier alpha value is -0.0800. The third-order valence-electron chi connectivity index (χ3n) is 3.85. The number of hydrogen-bond acceptors (Lipinski definition) is 2. The van der Waals surface area contributed by atoms with Crippen molar-refractivity contribution in [1.29, 1.82) is 0 Å². The van der Waals surface area contributed by atoms with E-state index < -0.39 is 0 Å². The molecule has 2 rings (SSSR count). The van der Waals surface area contributed by atoms with Crippen molar-refractivity contribution in [2.24, 2.45) is 11.7 Å². The van der Waals surface area contributed by atoms with Crippen molar-refractivity contribution in [2.75, 3.05) is 13.1 Å². The van der Waals surface area contributed by atoms with Gasteiger partial charge in [0.2, 0.25) is 0 Å². The molecule has 2 nitrogen and oxygen atoms in total. The smallest absolute Gasteiger partial charge is 0.0334 e. The van der Waals surface area contributed by atoms with E-state index in [-0.39, 0.29) is 0 Å². The first kappa shape index (κ1) is 9.47. The number of nitrogens with zero attached hydrogens (tertiary/aromatic N) is 1. The van der Waals surface area contributed by atoms with E-state index in [9.17, 15) is 0 Å². The van der Waals surface area contributed by atoms with Crippen molar-refractivity contribution in [3.05, 3.63) is 0 Å². The van der Waals surface area contributed by atoms with Gasteiger partial charge in [-0.05, 0) is 45.1 Å². The number of nitrogens with two attached hydrogens (primary N) is 1. The Labute approximate surface area is 81.5 Å². The Balaban J connectivity index is 2.06. The molecule has 2 N–H and O–H groups in total. The predicted molar refractivity (Wildman–Crippen MR) is 55.6 cm³/mol. The van der Waals surface area contributed by atoms with E-state index >= 15 is 0 Å². The van der Waals surface area contributed by atoms with Crippen LogP contribution in [0.25, 0.3) is 0 Å². The van der Waals surface area contributed by atoms with E-state index in [1.807, 2.05) is 0 Å². The molecular formula is C11H22N2. The summed E-state index contributed by atoms with van der Waals surface area (Å²) in [6.07, 6.45) is 5.60. The van der Waals surface area contributed by atoms with Gasteiger partial charge in [0.25, 0.3) is 0 Å². The minimum absolute atomic E-state index is 0.315. The summed E-state index contributed by atoms with van der Waals surface area (Å²) in [6, 6.07) is 0.860. The Bertz CT molecular complexity index is 185. The summed E-state index contributed by atoms with van der Waals surface area (Å²) in [5.41, 5.74) is 6.26. The van der Waals surface area contributed by atoms with Gasteiger partial charge in [0.05, 0.1) is 0 Å². The minimum Gasteiger partial charge on any atom is -0.329 e. The van der Waals surface area contributed by atoms with Crippen molar-refractivity contribution < 1.29 is 0 Å². The Kier molecular flexibility index (Phi) is 2.37. The largest absolute Gasteiger partial charge is 0.329 e. The van der Waals surface area contributed by atoms with Crippen LogP contribution in [0.15, 0.2) is 0 Å². The highest BCUT2D eigenvalue weighted by atomic mass is 15.3. The molecular weight excluding hydrogens is 160 g/mol. The Morgan fingerprint density at radius 1 is 1.31 bits per heavy atom. The van der Waals surface area contributed by atoms with Crippen LogP contribution in [0.3, 0.4) is 0 Å². The standard InChI is InChI=1S/C11H22N2/c1-3-13(10-6-7-10)11(2,8-12)9-4-5-9/h9-10H,3-8,12H2,1-2H3. The lowest BCUT2D eigenvalue weighted by atomic mass is 9.93. The zero-order valence-electron chi connectivity index (χ0n) is 8.92. The molecule has 2 aliphatic rings. The molecule has 0 radical (unpaired) electrons. The number of likely N-dealkylation sites (N-methyl/N-ethyl adjacent to an activating group) is 1. The summed E-state index contributed by atoms with van der Waals surface area (Å²) in [7, 11) is 0. The van der Waals surface area contributed by atoms with Crippen molar-refractivity contribution in [1.82, 2.24) is 4.90 Å². The molecule has 76 valence electrons. The summed E-state index contributed by atoms with van der Waals surface area (Å²) in [5.74, 6) is 0.887. The normalized spacial score (nSPS) is 27.7. The Morgan fingerprint density at radius 3 is 2.23 bits per heavy atom. The quantitative estimate of drug-likeness (QED) is 0.699. The second-order valence-corrected chi connectivity index (χ2v) is 4.85. The molecule has 0 aromatic carbocycles. The van der Waals surface area contributed by atoms with E-state index in [1.165, 1.54) is 32.2 Å². The monoisotopic (exact) mass is 182 g/mol. The van der Waals surface area contributed by atoms with Crippen molar-refractivity contribution >= 4 is 0 Å². The summed E-state index contributed by atoms with van der Waals surface area (Å²) in [4.78, 5) is 2.66. The van der Waals surface area contributed by atoms with Crippen LogP contribution in [-0.2, 0) is 0 Å². The molecule has 1 unspecified atom stereocenters. The lowest BCUT2D eigenvalue weighted by Crippen LogP contribution is -2.54. The van der Waals surface area contributed by atoms with E-state index in [2.05, 4.69) is 18.7 Å². The highest BCUT2D eigenvalue weighted by Gasteiger charge is 2.48. The predicted octanol–water partition coefficient (Wildman–Crippen LogP) is 1.60. The molecule has 0 spiro atoms. The van der Waals surface area contributed by atoms with Crippen LogP contribution < -0.4 is 5.73 Å². The first-order valence-corrected chi connectivity index (χ1v) is 5.69. The highest BCUT2D eigenvalue weighted by molar-refractivity contribution is 5.04. The van der Waals surface area contributed by atoms with E-state index in [0.29, 0.717) is 5.54 Å². The van der Waals surface area contributed by atoms with E-state index in [0.717, 1.165) is 18.5 Å². The van der Waals surface area contributed by atoms with Gasteiger partial charge in [0.15, 0.2) is 0 Å². The maximum Gasteiger partial charge on any atom is 0.0334 e. The van der Waals surface area contributed by atoms with Gasteiger partial charge in [-0.1, -0.05) is 6.92 Å². The highest BCUT2D eigenvalue weighted by Crippen LogP contribution is 2.46. The van der Waals surface area contributed by atoms with Gasteiger partial charge >= 0.3 is 0 Å². The van der Waals surface area contributed by atoms with Crippen molar-refractivity contribution in [3.8, 4) is 0 Å². The van der Waals surface area contributed by atoms with Gasteiger partial charge in [-0.3, -0.25) is 4.90 Å². The maximum atomic E-state index is 5.95. The molecule has 2 fully saturated rings.